The first-order chi connectivity index (χ1) is 14.9. The lowest BCUT2D eigenvalue weighted by atomic mass is 9.92. The van der Waals surface area contributed by atoms with Gasteiger partial charge in [0.1, 0.15) is 6.07 Å². The minimum absolute atomic E-state index is 0.00853. The van der Waals surface area contributed by atoms with Gasteiger partial charge in [-0.1, -0.05) is 12.1 Å². The Hall–Kier alpha value is -2.69. The van der Waals surface area contributed by atoms with Crippen LogP contribution in [0.5, 0.6) is 0 Å². The third-order valence-corrected chi connectivity index (χ3v) is 7.88. The van der Waals surface area contributed by atoms with Crippen molar-refractivity contribution < 1.29 is 8.42 Å². The molecule has 31 heavy (non-hydrogen) atoms. The minimum atomic E-state index is -3.66. The van der Waals surface area contributed by atoms with Gasteiger partial charge in [0.15, 0.2) is 5.03 Å². The van der Waals surface area contributed by atoms with Gasteiger partial charge < -0.3 is 4.57 Å². The van der Waals surface area contributed by atoms with Crippen LogP contribution in [-0.2, 0) is 10.0 Å². The molecule has 2 aliphatic carbocycles. The molecule has 5 rings (SSSR count). The zero-order chi connectivity index (χ0) is 21.8. The van der Waals surface area contributed by atoms with Crippen LogP contribution in [0.3, 0.4) is 0 Å². The number of nitrogens with one attached hydrogen (secondary N) is 1. The van der Waals surface area contributed by atoms with E-state index < -0.39 is 10.0 Å². The SMILES string of the molecule is CC(C)NS(=O)(=O)c1ccc(-c2c(C#N)c3ccc(C4CC4)cc3n2C2CCC2)cn1. The maximum Gasteiger partial charge on any atom is 0.258 e. The Balaban J connectivity index is 1.66. The molecule has 160 valence electrons. The molecule has 3 aromatic rings. The zero-order valence-electron chi connectivity index (χ0n) is 17.8. The Bertz CT molecular complexity index is 1290. The quantitative estimate of drug-likeness (QED) is 0.600. The molecule has 0 atom stereocenters. The summed E-state index contributed by atoms with van der Waals surface area (Å²) in [5, 5.41) is 11.0. The maximum atomic E-state index is 12.5. The van der Waals surface area contributed by atoms with Gasteiger partial charge in [0.2, 0.25) is 0 Å². The molecule has 2 aromatic heterocycles. The van der Waals surface area contributed by atoms with Crippen molar-refractivity contribution in [2.75, 3.05) is 0 Å². The Morgan fingerprint density at radius 1 is 1.16 bits per heavy atom. The molecule has 0 spiro atoms. The highest BCUT2D eigenvalue weighted by molar-refractivity contribution is 7.89. The van der Waals surface area contributed by atoms with E-state index in [1.165, 1.54) is 30.9 Å². The predicted octanol–water partition coefficient (Wildman–Crippen LogP) is 4.86. The van der Waals surface area contributed by atoms with E-state index in [1.807, 2.05) is 0 Å². The molecule has 7 heteroatoms. The highest BCUT2D eigenvalue weighted by Crippen LogP contribution is 2.45. The van der Waals surface area contributed by atoms with Gasteiger partial charge in [0, 0.05) is 29.2 Å². The van der Waals surface area contributed by atoms with E-state index >= 15 is 0 Å². The molecule has 2 aliphatic rings. The summed E-state index contributed by atoms with van der Waals surface area (Å²) in [6.45, 7) is 3.55. The lowest BCUT2D eigenvalue weighted by Gasteiger charge is -2.30. The first-order valence-electron chi connectivity index (χ1n) is 11.0. The van der Waals surface area contributed by atoms with E-state index in [0.29, 0.717) is 17.5 Å². The van der Waals surface area contributed by atoms with E-state index in [4.69, 9.17) is 0 Å². The fourth-order valence-electron chi connectivity index (χ4n) is 4.47. The number of benzene rings is 1. The monoisotopic (exact) mass is 434 g/mol. The molecule has 2 fully saturated rings. The average molecular weight is 435 g/mol. The van der Waals surface area contributed by atoms with E-state index in [2.05, 4.69) is 38.5 Å². The van der Waals surface area contributed by atoms with Crippen molar-refractivity contribution in [3.63, 3.8) is 0 Å². The first-order valence-corrected chi connectivity index (χ1v) is 12.4. The van der Waals surface area contributed by atoms with Gasteiger partial charge in [-0.3, -0.25) is 0 Å². The number of pyridine rings is 1. The fourth-order valence-corrected chi connectivity index (χ4v) is 5.65. The summed E-state index contributed by atoms with van der Waals surface area (Å²) in [7, 11) is -3.66. The van der Waals surface area contributed by atoms with Crippen LogP contribution in [0.2, 0.25) is 0 Å². The second-order valence-electron chi connectivity index (χ2n) is 9.00. The van der Waals surface area contributed by atoms with Crippen molar-refractivity contribution in [3.05, 3.63) is 47.7 Å². The minimum Gasteiger partial charge on any atom is -0.336 e. The molecular weight excluding hydrogens is 408 g/mol. The number of rotatable bonds is 6. The van der Waals surface area contributed by atoms with Gasteiger partial charge in [0.25, 0.3) is 10.0 Å². The molecule has 2 heterocycles. The highest BCUT2D eigenvalue weighted by Gasteiger charge is 2.30. The second-order valence-corrected chi connectivity index (χ2v) is 10.7. The van der Waals surface area contributed by atoms with Crippen molar-refractivity contribution in [1.82, 2.24) is 14.3 Å². The number of hydrogen-bond donors (Lipinski definition) is 1. The molecule has 2 saturated carbocycles. The van der Waals surface area contributed by atoms with Crippen LogP contribution in [0.25, 0.3) is 22.2 Å². The number of sulfonamides is 1. The van der Waals surface area contributed by atoms with Crippen LogP contribution in [-0.4, -0.2) is 24.0 Å². The van der Waals surface area contributed by atoms with E-state index in [-0.39, 0.29) is 11.1 Å². The van der Waals surface area contributed by atoms with E-state index in [1.54, 1.807) is 26.1 Å². The number of aromatic nitrogens is 2. The van der Waals surface area contributed by atoms with Crippen molar-refractivity contribution in [1.29, 1.82) is 5.26 Å². The summed E-state index contributed by atoms with van der Waals surface area (Å²) in [4.78, 5) is 4.25. The highest BCUT2D eigenvalue weighted by atomic mass is 32.2. The molecule has 0 bridgehead atoms. The Labute approximate surface area is 183 Å². The second kappa shape index (κ2) is 7.47. The average Bonchev–Trinajstić information content (AvgIpc) is 3.49. The van der Waals surface area contributed by atoms with Crippen LogP contribution in [0, 0.1) is 11.3 Å². The van der Waals surface area contributed by atoms with E-state index in [0.717, 1.165) is 35.0 Å². The standard InChI is InChI=1S/C24H26N4O2S/c1-15(2)27-31(29,30)23-11-9-18(14-26-23)24-21(13-25)20-10-8-17(16-6-7-16)12-22(20)28(24)19-4-3-5-19/h8-12,14-16,19,27H,3-7H2,1-2H3. The van der Waals surface area contributed by atoms with Crippen LogP contribution in [0.15, 0.2) is 41.6 Å². The third kappa shape index (κ3) is 3.54. The van der Waals surface area contributed by atoms with E-state index in [9.17, 15) is 13.7 Å². The molecule has 0 radical (unpaired) electrons. The number of hydrogen-bond acceptors (Lipinski definition) is 4. The van der Waals surface area contributed by atoms with Gasteiger partial charge in [-0.2, -0.15) is 5.26 Å². The van der Waals surface area contributed by atoms with Gasteiger partial charge in [-0.25, -0.2) is 18.1 Å². The van der Waals surface area contributed by atoms with Crippen LogP contribution in [0.1, 0.15) is 69.0 Å². The molecule has 0 saturated heterocycles. The summed E-state index contributed by atoms with van der Waals surface area (Å²) in [6, 6.07) is 12.4. The lowest BCUT2D eigenvalue weighted by molar-refractivity contribution is 0.324. The predicted molar refractivity (Wildman–Crippen MR) is 120 cm³/mol. The molecule has 1 aromatic carbocycles. The Kier molecular flexibility index (Phi) is 4.87. The van der Waals surface area contributed by atoms with Gasteiger partial charge in [0.05, 0.1) is 16.8 Å². The van der Waals surface area contributed by atoms with Crippen LogP contribution < -0.4 is 4.72 Å². The molecule has 0 amide bonds. The molecule has 1 N–H and O–H groups in total. The normalized spacial score (nSPS) is 17.1. The fraction of sp³-hybridized carbons (Fsp3) is 0.417. The van der Waals surface area contributed by atoms with Crippen LogP contribution in [0.4, 0.5) is 0 Å². The smallest absolute Gasteiger partial charge is 0.258 e. The maximum absolute atomic E-state index is 12.5. The van der Waals surface area contributed by atoms with Crippen molar-refractivity contribution in [3.8, 4) is 17.3 Å². The summed E-state index contributed by atoms with van der Waals surface area (Å²) < 4.78 is 29.8. The topological polar surface area (TPSA) is 87.8 Å². The molecule has 0 unspecified atom stereocenters. The van der Waals surface area contributed by atoms with Crippen molar-refractivity contribution in [2.45, 2.75) is 69.0 Å². The van der Waals surface area contributed by atoms with Gasteiger partial charge in [-0.05, 0) is 75.6 Å². The number of nitriles is 1. The zero-order valence-corrected chi connectivity index (χ0v) is 18.6. The van der Waals surface area contributed by atoms with Crippen molar-refractivity contribution >= 4 is 20.9 Å². The third-order valence-electron chi connectivity index (χ3n) is 6.30. The number of fused-ring (bicyclic) bond motifs is 1. The summed E-state index contributed by atoms with van der Waals surface area (Å²) in [5.41, 5.74) is 4.72. The first kappa shape index (κ1) is 20.2. The largest absolute Gasteiger partial charge is 0.336 e. The summed E-state index contributed by atoms with van der Waals surface area (Å²) in [6.07, 6.45) is 7.42. The molecule has 6 nitrogen and oxygen atoms in total. The molecular formula is C24H26N4O2S. The van der Waals surface area contributed by atoms with Crippen LogP contribution >= 0.6 is 0 Å². The lowest BCUT2D eigenvalue weighted by Crippen LogP contribution is -2.30. The summed E-state index contributed by atoms with van der Waals surface area (Å²) >= 11 is 0. The van der Waals surface area contributed by atoms with Gasteiger partial charge >= 0.3 is 0 Å². The van der Waals surface area contributed by atoms with Crippen molar-refractivity contribution in [2.24, 2.45) is 0 Å². The Morgan fingerprint density at radius 2 is 1.94 bits per heavy atom. The number of nitrogens with zero attached hydrogens (tertiary/aromatic N) is 3. The Morgan fingerprint density at radius 3 is 2.48 bits per heavy atom. The van der Waals surface area contributed by atoms with Gasteiger partial charge in [-0.15, -0.1) is 0 Å². The molecule has 0 aliphatic heterocycles. The summed E-state index contributed by atoms with van der Waals surface area (Å²) in [5.74, 6) is 0.641.